The van der Waals surface area contributed by atoms with Gasteiger partial charge < -0.3 is 15.4 Å². The van der Waals surface area contributed by atoms with E-state index in [9.17, 15) is 9.59 Å². The van der Waals surface area contributed by atoms with Gasteiger partial charge in [-0.25, -0.2) is 4.79 Å². The molecule has 0 saturated heterocycles. The van der Waals surface area contributed by atoms with Crippen molar-refractivity contribution in [3.63, 3.8) is 0 Å². The molecule has 0 fully saturated rings. The van der Waals surface area contributed by atoms with E-state index in [2.05, 4.69) is 10.6 Å². The van der Waals surface area contributed by atoms with E-state index in [4.69, 9.17) is 10.00 Å². The van der Waals surface area contributed by atoms with Crippen molar-refractivity contribution in [1.29, 1.82) is 5.26 Å². The maximum Gasteiger partial charge on any atom is 0.337 e. The summed E-state index contributed by atoms with van der Waals surface area (Å²) in [5.41, 5.74) is 3.01. The van der Waals surface area contributed by atoms with E-state index in [1.165, 1.54) is 7.11 Å². The molecular formula is C19H19N3O3. The van der Waals surface area contributed by atoms with Crippen molar-refractivity contribution in [1.82, 2.24) is 0 Å². The van der Waals surface area contributed by atoms with E-state index in [0.29, 0.717) is 22.5 Å². The van der Waals surface area contributed by atoms with Crippen LogP contribution in [0.5, 0.6) is 0 Å². The summed E-state index contributed by atoms with van der Waals surface area (Å²) in [6.45, 7) is 3.60. The Labute approximate surface area is 146 Å². The molecule has 2 rings (SSSR count). The number of nitrogens with zero attached hydrogens (tertiary/aromatic N) is 1. The van der Waals surface area contributed by atoms with Crippen molar-refractivity contribution >= 4 is 23.3 Å². The number of esters is 1. The van der Waals surface area contributed by atoms with Crippen molar-refractivity contribution in [2.75, 3.05) is 17.7 Å². The molecule has 0 heterocycles. The van der Waals surface area contributed by atoms with Gasteiger partial charge in [0.05, 0.1) is 24.3 Å². The third kappa shape index (κ3) is 4.58. The first-order valence-electron chi connectivity index (χ1n) is 7.71. The Morgan fingerprint density at radius 3 is 2.64 bits per heavy atom. The number of nitrogens with one attached hydrogen (secondary N) is 2. The molecule has 0 aliphatic rings. The standard InChI is InChI=1S/C19H19N3O3/c1-12-7-8-15(19(24)25-3)10-17(12)21-13(2)18(23)22-16-6-4-5-14(9-16)11-20/h4-10,13,21H,1-3H3,(H,22,23)/t13-/m0/s1. The first-order valence-corrected chi connectivity index (χ1v) is 7.71. The van der Waals surface area contributed by atoms with Crippen LogP contribution in [0.15, 0.2) is 42.5 Å². The number of hydrogen-bond acceptors (Lipinski definition) is 5. The summed E-state index contributed by atoms with van der Waals surface area (Å²) in [6.07, 6.45) is 0. The second-order valence-corrected chi connectivity index (χ2v) is 5.57. The number of hydrogen-bond donors (Lipinski definition) is 2. The van der Waals surface area contributed by atoms with Gasteiger partial charge in [-0.2, -0.15) is 5.26 Å². The first kappa shape index (κ1) is 18.0. The Bertz CT molecular complexity index is 840. The Hall–Kier alpha value is -3.33. The normalized spacial score (nSPS) is 11.1. The molecule has 1 atom stereocenters. The number of ether oxygens (including phenoxy) is 1. The highest BCUT2D eigenvalue weighted by Gasteiger charge is 2.15. The van der Waals surface area contributed by atoms with Crippen LogP contribution in [0.2, 0.25) is 0 Å². The van der Waals surface area contributed by atoms with E-state index < -0.39 is 12.0 Å². The molecule has 0 radical (unpaired) electrons. The highest BCUT2D eigenvalue weighted by Crippen LogP contribution is 2.19. The van der Waals surface area contributed by atoms with Crippen molar-refractivity contribution in [2.45, 2.75) is 19.9 Å². The molecule has 0 unspecified atom stereocenters. The van der Waals surface area contributed by atoms with Gasteiger partial charge in [0.15, 0.2) is 0 Å². The number of carbonyl (C=O) groups is 2. The fourth-order valence-electron chi connectivity index (χ4n) is 2.24. The Morgan fingerprint density at radius 1 is 1.20 bits per heavy atom. The number of carbonyl (C=O) groups excluding carboxylic acids is 2. The second kappa shape index (κ2) is 7.97. The minimum absolute atomic E-state index is 0.252. The number of aryl methyl sites for hydroxylation is 1. The van der Waals surface area contributed by atoms with Gasteiger partial charge >= 0.3 is 5.97 Å². The molecule has 6 heteroatoms. The molecule has 0 aliphatic heterocycles. The number of rotatable bonds is 5. The summed E-state index contributed by atoms with van der Waals surface area (Å²) in [6, 6.07) is 13.3. The summed E-state index contributed by atoms with van der Waals surface area (Å²) in [5, 5.41) is 14.8. The first-order chi connectivity index (χ1) is 11.9. The average Bonchev–Trinajstić information content (AvgIpc) is 2.62. The van der Waals surface area contributed by atoms with Gasteiger partial charge in [-0.15, -0.1) is 0 Å². The molecule has 0 saturated carbocycles. The zero-order valence-electron chi connectivity index (χ0n) is 14.3. The molecular weight excluding hydrogens is 318 g/mol. The highest BCUT2D eigenvalue weighted by atomic mass is 16.5. The van der Waals surface area contributed by atoms with Crippen LogP contribution in [-0.4, -0.2) is 25.0 Å². The Kier molecular flexibility index (Phi) is 5.75. The lowest BCUT2D eigenvalue weighted by atomic mass is 10.1. The summed E-state index contributed by atoms with van der Waals surface area (Å²) in [4.78, 5) is 24.0. The van der Waals surface area contributed by atoms with Crippen LogP contribution in [-0.2, 0) is 9.53 Å². The smallest absolute Gasteiger partial charge is 0.337 e. The molecule has 128 valence electrons. The number of nitriles is 1. The van der Waals surface area contributed by atoms with E-state index >= 15 is 0 Å². The largest absolute Gasteiger partial charge is 0.465 e. The summed E-state index contributed by atoms with van der Waals surface area (Å²) in [7, 11) is 1.32. The quantitative estimate of drug-likeness (QED) is 0.818. The van der Waals surface area contributed by atoms with Gasteiger partial charge in [0.1, 0.15) is 6.04 Å². The maximum absolute atomic E-state index is 12.4. The fourth-order valence-corrected chi connectivity index (χ4v) is 2.24. The molecule has 0 aliphatic carbocycles. The van der Waals surface area contributed by atoms with Gasteiger partial charge in [-0.05, 0) is 49.7 Å². The second-order valence-electron chi connectivity index (χ2n) is 5.57. The van der Waals surface area contributed by atoms with Gasteiger partial charge in [-0.3, -0.25) is 4.79 Å². The zero-order chi connectivity index (χ0) is 18.4. The van der Waals surface area contributed by atoms with Gasteiger partial charge in [-0.1, -0.05) is 12.1 Å². The predicted octanol–water partition coefficient (Wildman–Crippen LogP) is 3.09. The molecule has 1 amide bonds. The van der Waals surface area contributed by atoms with E-state index in [-0.39, 0.29) is 5.91 Å². The third-order valence-electron chi connectivity index (χ3n) is 3.68. The molecule has 0 spiro atoms. The predicted molar refractivity (Wildman–Crippen MR) is 95.4 cm³/mol. The fraction of sp³-hybridized carbons (Fsp3) is 0.211. The zero-order valence-corrected chi connectivity index (χ0v) is 14.3. The van der Waals surface area contributed by atoms with Gasteiger partial charge in [0.25, 0.3) is 0 Å². The van der Waals surface area contributed by atoms with E-state index in [1.807, 2.05) is 13.0 Å². The average molecular weight is 337 g/mol. The number of methoxy groups -OCH3 is 1. The molecule has 6 nitrogen and oxygen atoms in total. The highest BCUT2D eigenvalue weighted by molar-refractivity contribution is 5.97. The molecule has 0 aromatic heterocycles. The summed E-state index contributed by atoms with van der Waals surface area (Å²) >= 11 is 0. The van der Waals surface area contributed by atoms with Crippen LogP contribution in [0, 0.1) is 18.3 Å². The molecule has 2 aromatic carbocycles. The minimum atomic E-state index is -0.544. The van der Waals surface area contributed by atoms with Crippen LogP contribution < -0.4 is 10.6 Å². The maximum atomic E-state index is 12.4. The topological polar surface area (TPSA) is 91.2 Å². The van der Waals surface area contributed by atoms with E-state index in [0.717, 1.165) is 5.56 Å². The summed E-state index contributed by atoms with van der Waals surface area (Å²) in [5.74, 6) is -0.688. The number of amides is 1. The Balaban J connectivity index is 2.10. The van der Waals surface area contributed by atoms with Gasteiger partial charge in [0.2, 0.25) is 5.91 Å². The molecule has 2 N–H and O–H groups in total. The van der Waals surface area contributed by atoms with Crippen molar-refractivity contribution in [2.24, 2.45) is 0 Å². The van der Waals surface area contributed by atoms with Crippen molar-refractivity contribution in [3.05, 3.63) is 59.2 Å². The lowest BCUT2D eigenvalue weighted by Crippen LogP contribution is -2.32. The minimum Gasteiger partial charge on any atom is -0.465 e. The molecule has 2 aromatic rings. The van der Waals surface area contributed by atoms with Crippen LogP contribution in [0.4, 0.5) is 11.4 Å². The molecule has 25 heavy (non-hydrogen) atoms. The van der Waals surface area contributed by atoms with Crippen molar-refractivity contribution in [3.8, 4) is 6.07 Å². The van der Waals surface area contributed by atoms with E-state index in [1.54, 1.807) is 49.4 Å². The van der Waals surface area contributed by atoms with Crippen LogP contribution in [0.3, 0.4) is 0 Å². The SMILES string of the molecule is COC(=O)c1ccc(C)c(N[C@@H](C)C(=O)Nc2cccc(C#N)c2)c1. The van der Waals surface area contributed by atoms with Crippen molar-refractivity contribution < 1.29 is 14.3 Å². The van der Waals surface area contributed by atoms with Crippen LogP contribution >= 0.6 is 0 Å². The van der Waals surface area contributed by atoms with Crippen LogP contribution in [0.25, 0.3) is 0 Å². The monoisotopic (exact) mass is 337 g/mol. The van der Waals surface area contributed by atoms with Crippen LogP contribution in [0.1, 0.15) is 28.4 Å². The molecule has 0 bridgehead atoms. The van der Waals surface area contributed by atoms with Gasteiger partial charge in [0, 0.05) is 11.4 Å². The Morgan fingerprint density at radius 2 is 1.96 bits per heavy atom. The lowest BCUT2D eigenvalue weighted by Gasteiger charge is -2.17. The number of anilines is 2. The lowest BCUT2D eigenvalue weighted by molar-refractivity contribution is -0.116. The summed E-state index contributed by atoms with van der Waals surface area (Å²) < 4.78 is 4.71. The number of benzene rings is 2. The third-order valence-corrected chi connectivity index (χ3v) is 3.68.